The number of carbonyl (C=O) groups is 1. The fourth-order valence-electron chi connectivity index (χ4n) is 4.84. The smallest absolute Gasteiger partial charge is 0.410 e. The first-order valence-electron chi connectivity index (χ1n) is 12.2. The minimum atomic E-state index is -0.498. The highest BCUT2D eigenvalue weighted by Crippen LogP contribution is 2.37. The zero-order valence-corrected chi connectivity index (χ0v) is 21.3. The fraction of sp³-hybridized carbons (Fsp3) is 0.393. The molecule has 0 bridgehead atoms. The Balaban J connectivity index is 1.38. The number of aromatic nitrogens is 3. The maximum absolute atomic E-state index is 15.1. The molecule has 4 heterocycles. The van der Waals surface area contributed by atoms with E-state index in [1.807, 2.05) is 64.1 Å². The molecule has 0 radical (unpaired) electrons. The van der Waals surface area contributed by atoms with Gasteiger partial charge in [-0.05, 0) is 76.9 Å². The molecule has 5 rings (SSSR count). The number of aromatic amines is 1. The van der Waals surface area contributed by atoms with Crippen LogP contribution in [0.3, 0.4) is 0 Å². The molecular formula is C28H31FN4O3. The van der Waals surface area contributed by atoms with Crippen molar-refractivity contribution in [1.82, 2.24) is 19.9 Å². The second-order valence-electron chi connectivity index (χ2n) is 10.4. The highest BCUT2D eigenvalue weighted by Gasteiger charge is 2.28. The van der Waals surface area contributed by atoms with E-state index in [0.717, 1.165) is 40.6 Å². The van der Waals surface area contributed by atoms with Crippen molar-refractivity contribution in [3.63, 3.8) is 0 Å². The van der Waals surface area contributed by atoms with Crippen molar-refractivity contribution in [2.24, 2.45) is 0 Å². The van der Waals surface area contributed by atoms with Crippen LogP contribution in [0.5, 0.6) is 5.75 Å². The first-order chi connectivity index (χ1) is 17.1. The van der Waals surface area contributed by atoms with Gasteiger partial charge in [0.1, 0.15) is 5.60 Å². The number of hydrogen-bond acceptors (Lipinski definition) is 5. The first kappa shape index (κ1) is 24.0. The number of hydrogen-bond donors (Lipinski definition) is 1. The van der Waals surface area contributed by atoms with Crippen LogP contribution >= 0.6 is 0 Å². The highest BCUT2D eigenvalue weighted by molar-refractivity contribution is 5.90. The average Bonchev–Trinajstić information content (AvgIpc) is 3.23. The molecule has 1 aromatic carbocycles. The van der Waals surface area contributed by atoms with Crippen molar-refractivity contribution >= 4 is 28.0 Å². The molecule has 0 saturated carbocycles. The Kier molecular flexibility index (Phi) is 6.06. The number of halogens is 1. The maximum Gasteiger partial charge on any atom is 0.410 e. The third-order valence-corrected chi connectivity index (χ3v) is 6.56. The van der Waals surface area contributed by atoms with E-state index in [1.165, 1.54) is 7.11 Å². The lowest BCUT2D eigenvalue weighted by atomic mass is 9.93. The summed E-state index contributed by atoms with van der Waals surface area (Å²) in [6.45, 7) is 8.81. The molecule has 1 N–H and O–H groups in total. The Hall–Kier alpha value is -3.68. The summed E-state index contributed by atoms with van der Waals surface area (Å²) in [7, 11) is 1.46. The lowest BCUT2D eigenvalue weighted by Gasteiger charge is -2.33. The van der Waals surface area contributed by atoms with Crippen LogP contribution < -0.4 is 4.74 Å². The van der Waals surface area contributed by atoms with Crippen LogP contribution in [-0.2, 0) is 4.74 Å². The molecule has 1 fully saturated rings. The number of methoxy groups -OCH3 is 1. The van der Waals surface area contributed by atoms with Gasteiger partial charge in [0, 0.05) is 41.3 Å². The second-order valence-corrected chi connectivity index (χ2v) is 10.4. The lowest BCUT2D eigenvalue weighted by molar-refractivity contribution is 0.0204. The molecule has 8 heteroatoms. The van der Waals surface area contributed by atoms with Crippen LogP contribution in [0.25, 0.3) is 33.2 Å². The average molecular weight is 491 g/mol. The molecule has 0 unspecified atom stereocenters. The zero-order valence-electron chi connectivity index (χ0n) is 21.3. The van der Waals surface area contributed by atoms with Gasteiger partial charge in [0.25, 0.3) is 0 Å². The van der Waals surface area contributed by atoms with E-state index in [9.17, 15) is 4.79 Å². The third kappa shape index (κ3) is 4.59. The van der Waals surface area contributed by atoms with E-state index in [-0.39, 0.29) is 17.8 Å². The predicted octanol–water partition coefficient (Wildman–Crippen LogP) is 6.35. The van der Waals surface area contributed by atoms with Crippen molar-refractivity contribution in [2.75, 3.05) is 20.2 Å². The van der Waals surface area contributed by atoms with E-state index in [2.05, 4.69) is 4.98 Å². The van der Waals surface area contributed by atoms with Gasteiger partial charge in [-0.2, -0.15) is 0 Å². The zero-order chi connectivity index (χ0) is 25.6. The Morgan fingerprint density at radius 1 is 1.08 bits per heavy atom. The molecule has 188 valence electrons. The third-order valence-electron chi connectivity index (χ3n) is 6.56. The molecule has 1 aliphatic rings. The van der Waals surface area contributed by atoms with Gasteiger partial charge >= 0.3 is 6.09 Å². The number of pyridine rings is 2. The van der Waals surface area contributed by atoms with E-state index in [1.54, 1.807) is 4.90 Å². The van der Waals surface area contributed by atoms with E-state index >= 15 is 4.39 Å². The van der Waals surface area contributed by atoms with Crippen molar-refractivity contribution in [3.05, 3.63) is 53.6 Å². The number of nitrogens with one attached hydrogen (secondary N) is 1. The Morgan fingerprint density at radius 3 is 2.47 bits per heavy atom. The van der Waals surface area contributed by atoms with Gasteiger partial charge in [0.05, 0.1) is 29.4 Å². The van der Waals surface area contributed by atoms with Crippen LogP contribution in [0.2, 0.25) is 0 Å². The highest BCUT2D eigenvalue weighted by atomic mass is 19.1. The number of amides is 1. The summed E-state index contributed by atoms with van der Waals surface area (Å²) in [4.78, 5) is 26.8. The number of ether oxygens (including phenoxy) is 2. The summed E-state index contributed by atoms with van der Waals surface area (Å²) in [5.41, 5.74) is 4.54. The minimum Gasteiger partial charge on any atom is -0.493 e. The van der Waals surface area contributed by atoms with Crippen molar-refractivity contribution in [1.29, 1.82) is 0 Å². The molecule has 1 aliphatic heterocycles. The molecule has 0 spiro atoms. The monoisotopic (exact) mass is 490 g/mol. The summed E-state index contributed by atoms with van der Waals surface area (Å²) in [6.07, 6.45) is 1.40. The quantitative estimate of drug-likeness (QED) is 0.362. The molecule has 1 amide bonds. The number of piperidine rings is 1. The Bertz CT molecular complexity index is 1450. The molecular weight excluding hydrogens is 459 g/mol. The van der Waals surface area contributed by atoms with Gasteiger partial charge in [0.2, 0.25) is 0 Å². The molecule has 3 aromatic heterocycles. The molecule has 1 saturated heterocycles. The number of aryl methyl sites for hydroxylation is 1. The second kappa shape index (κ2) is 9.08. The Labute approximate surface area is 209 Å². The predicted molar refractivity (Wildman–Crippen MR) is 138 cm³/mol. The topological polar surface area (TPSA) is 80.3 Å². The summed E-state index contributed by atoms with van der Waals surface area (Å²) >= 11 is 0. The molecule has 7 nitrogen and oxygen atoms in total. The normalized spacial score (nSPS) is 15.0. The van der Waals surface area contributed by atoms with E-state index < -0.39 is 11.4 Å². The van der Waals surface area contributed by atoms with Crippen molar-refractivity contribution < 1.29 is 18.7 Å². The van der Waals surface area contributed by atoms with Crippen LogP contribution in [0.1, 0.15) is 50.9 Å². The summed E-state index contributed by atoms with van der Waals surface area (Å²) in [5.74, 6) is 0.00455. The minimum absolute atomic E-state index is 0.164. The number of nitrogens with zero attached hydrogens (tertiary/aromatic N) is 3. The number of benzene rings is 1. The number of fused-ring (bicyclic) bond motifs is 2. The van der Waals surface area contributed by atoms with Crippen LogP contribution in [0.15, 0.2) is 36.4 Å². The van der Waals surface area contributed by atoms with Gasteiger partial charge < -0.3 is 19.4 Å². The summed E-state index contributed by atoms with van der Waals surface area (Å²) in [6, 6.07) is 11.5. The number of rotatable bonds is 3. The number of H-pyrrole nitrogens is 1. The SMILES string of the molecule is COc1c(-c2ccc3nc(C4CCN(C(=O)OC(C)(C)C)CC4)ccc3n2)cc2cc(C)[nH]c2c1F. The lowest BCUT2D eigenvalue weighted by Crippen LogP contribution is -2.41. The molecule has 0 aliphatic carbocycles. The van der Waals surface area contributed by atoms with Gasteiger partial charge in [0.15, 0.2) is 11.6 Å². The summed E-state index contributed by atoms with van der Waals surface area (Å²) in [5, 5.41) is 0.772. The number of carbonyl (C=O) groups excluding carboxylic acids is 1. The Morgan fingerprint density at radius 2 is 1.78 bits per heavy atom. The van der Waals surface area contributed by atoms with Gasteiger partial charge in [-0.25, -0.2) is 14.2 Å². The first-order valence-corrected chi connectivity index (χ1v) is 12.2. The van der Waals surface area contributed by atoms with Gasteiger partial charge in [-0.15, -0.1) is 0 Å². The summed E-state index contributed by atoms with van der Waals surface area (Å²) < 4.78 is 26.1. The number of likely N-dealkylation sites (tertiary alicyclic amines) is 1. The van der Waals surface area contributed by atoms with Crippen LogP contribution in [-0.4, -0.2) is 51.7 Å². The van der Waals surface area contributed by atoms with Crippen LogP contribution in [0.4, 0.5) is 9.18 Å². The van der Waals surface area contributed by atoms with Crippen molar-refractivity contribution in [3.8, 4) is 17.0 Å². The standard InChI is InChI=1S/C28H31FN4O3/c1-16-14-18-15-19(26(35-5)24(29)25(18)30-16)21-7-9-22-23(32-21)8-6-20(31-22)17-10-12-33(13-11-17)27(34)36-28(2,3)4/h6-9,14-15,17,30H,10-13H2,1-5H3. The maximum atomic E-state index is 15.1. The van der Waals surface area contributed by atoms with E-state index in [4.69, 9.17) is 19.4 Å². The fourth-order valence-corrected chi connectivity index (χ4v) is 4.84. The largest absolute Gasteiger partial charge is 0.493 e. The molecule has 36 heavy (non-hydrogen) atoms. The molecule has 4 aromatic rings. The van der Waals surface area contributed by atoms with Crippen LogP contribution in [0, 0.1) is 12.7 Å². The van der Waals surface area contributed by atoms with Gasteiger partial charge in [-0.1, -0.05) is 0 Å². The van der Waals surface area contributed by atoms with E-state index in [0.29, 0.717) is 29.9 Å². The van der Waals surface area contributed by atoms with Crippen molar-refractivity contribution in [2.45, 2.75) is 52.1 Å². The van der Waals surface area contributed by atoms with Gasteiger partial charge in [-0.3, -0.25) is 4.98 Å². The molecule has 0 atom stereocenters.